The molecule has 9 rings (SSSR count). The summed E-state index contributed by atoms with van der Waals surface area (Å²) in [7, 11) is 6.88. The first-order chi connectivity index (χ1) is 29.8. The number of nitrogens with zero attached hydrogens (tertiary/aromatic N) is 1. The number of hydrogen-bond donors (Lipinski definition) is 0. The van der Waals surface area contributed by atoms with E-state index in [0.717, 1.165) is 5.69 Å². The molecule has 0 radical (unpaired) electrons. The largest absolute Gasteiger partial charge is 0.672 e. The summed E-state index contributed by atoms with van der Waals surface area (Å²) < 4.78 is 0. The standard InChI is InChI=1S/C48H40P2.C6H7N2.2ClH.Ru/c1-33-13-23-39(24-14-33)49(40-25-15-34(2)16-26-40)45-31-21-37-9-5-7-11-43(37)47(45)48-44-12-8-6-10-38(44)22-32-46(48)50(41-27-17-35(3)18-28-41)42-29-19-36(4)20-30-42;7-5-6-3-1-2-4-8-6;;;/h5-32H,1-4H3;1-4,7H,5H2;2*1H;/q;-1;;;+2. The first-order valence-electron chi connectivity index (χ1n) is 20.3. The van der Waals surface area contributed by atoms with E-state index in [1.165, 1.54) is 86.8 Å². The Kier molecular flexibility index (Phi) is 15.7. The molecule has 1 aromatic heterocycles. The minimum atomic E-state index is -1.42. The molecule has 0 spiro atoms. The molecule has 8 aromatic carbocycles. The van der Waals surface area contributed by atoms with Gasteiger partial charge >= 0.3 is 34.5 Å². The Labute approximate surface area is 379 Å². The van der Waals surface area contributed by atoms with Crippen LogP contribution in [0.15, 0.2) is 194 Å². The third-order valence-electron chi connectivity index (χ3n) is 10.9. The van der Waals surface area contributed by atoms with Crippen LogP contribution in [0.5, 0.6) is 0 Å². The average Bonchev–Trinajstić information content (AvgIpc) is 3.30. The van der Waals surface area contributed by atoms with Gasteiger partial charge in [0, 0.05) is 23.0 Å². The molecule has 1 heterocycles. The third-order valence-corrected chi connectivity index (χ3v) is 16.5. The Hall–Kier alpha value is -4.55. The maximum atomic E-state index is 6.88. The number of aryl methyl sites for hydroxylation is 4. The van der Waals surface area contributed by atoms with Gasteiger partial charge in [0.1, 0.15) is 31.8 Å². The molecule has 0 bridgehead atoms. The van der Waals surface area contributed by atoms with Crippen molar-refractivity contribution in [3.05, 3.63) is 228 Å². The summed E-state index contributed by atoms with van der Waals surface area (Å²) in [5.74, 6) is 0. The molecule has 0 atom stereocenters. The van der Waals surface area contributed by atoms with Gasteiger partial charge in [-0.1, -0.05) is 138 Å². The van der Waals surface area contributed by atoms with Crippen molar-refractivity contribution < 1.29 is 15.1 Å². The molecule has 0 fully saturated rings. The number of aromatic nitrogens is 1. The van der Waals surface area contributed by atoms with Crippen LogP contribution in [0.4, 0.5) is 0 Å². The summed E-state index contributed by atoms with van der Waals surface area (Å²) in [6.45, 7) is 9.02. The first kappa shape index (κ1) is 44.5. The maximum Gasteiger partial charge on any atom is 0.0270 e. The number of benzene rings is 8. The fourth-order valence-corrected chi connectivity index (χ4v) is 13.3. The number of pyridine rings is 1. The molecule has 0 saturated carbocycles. The van der Waals surface area contributed by atoms with Crippen LogP contribution in [0.25, 0.3) is 38.4 Å². The number of nitrogens with one attached hydrogen (secondary N) is 1. The molecule has 0 aliphatic rings. The molecule has 0 aliphatic carbocycles. The van der Waals surface area contributed by atoms with E-state index in [-0.39, 0.29) is 21.7 Å². The van der Waals surface area contributed by atoms with Crippen LogP contribution in [0, 0.1) is 27.7 Å². The van der Waals surface area contributed by atoms with E-state index in [0.29, 0.717) is 0 Å². The number of hydrogen-bond acceptors (Lipinski definition) is 1. The number of halogens is 2. The quantitative estimate of drug-likeness (QED) is 0.110. The van der Waals surface area contributed by atoms with Crippen LogP contribution in [0.1, 0.15) is 27.9 Å². The molecular weight excluding hydrogens is 911 g/mol. The van der Waals surface area contributed by atoms with Crippen molar-refractivity contribution >= 4 is 88.6 Å². The van der Waals surface area contributed by atoms with E-state index >= 15 is 0 Å². The summed E-state index contributed by atoms with van der Waals surface area (Å²) in [5.41, 5.74) is 15.6. The summed E-state index contributed by atoms with van der Waals surface area (Å²) in [6.07, 6.45) is 1.70. The van der Waals surface area contributed by atoms with Crippen LogP contribution in [-0.4, -0.2) is 4.98 Å². The number of rotatable bonds is 8. The fraction of sp³-hybridized carbons (Fsp3) is 0.0926. The fourth-order valence-electron chi connectivity index (χ4n) is 7.84. The van der Waals surface area contributed by atoms with E-state index in [1.807, 2.05) is 18.2 Å². The topological polar surface area (TPSA) is 36.7 Å². The van der Waals surface area contributed by atoms with Crippen molar-refractivity contribution in [2.24, 2.45) is 0 Å². The Morgan fingerprint density at radius 2 is 0.754 bits per heavy atom. The maximum absolute atomic E-state index is 6.88. The van der Waals surface area contributed by atoms with Gasteiger partial charge in [0.05, 0.1) is 15.8 Å². The van der Waals surface area contributed by atoms with Gasteiger partial charge in [-0.25, -0.2) is 0 Å². The summed E-state index contributed by atoms with van der Waals surface area (Å²) in [6, 6.07) is 70.6. The van der Waals surface area contributed by atoms with Crippen LogP contribution in [0.3, 0.4) is 0 Å². The minimum Gasteiger partial charge on any atom is -0.672 e. The van der Waals surface area contributed by atoms with E-state index in [2.05, 4.69) is 203 Å². The van der Waals surface area contributed by atoms with Gasteiger partial charge in [0.2, 0.25) is 0 Å². The molecule has 0 saturated heterocycles. The van der Waals surface area contributed by atoms with Gasteiger partial charge in [-0.2, -0.15) is 0 Å². The Morgan fingerprint density at radius 1 is 0.426 bits per heavy atom. The van der Waals surface area contributed by atoms with Gasteiger partial charge in [-0.05, 0) is 122 Å². The molecule has 61 heavy (non-hydrogen) atoms. The van der Waals surface area contributed by atoms with Crippen molar-refractivity contribution in [1.29, 1.82) is 0 Å². The SMILES string of the molecule is Cc1ccc([PH+](c2ccc(C)cc2)c2ccc3ccccc3c2-c2c([PH+](c3ccc(C)cc3)c3ccc(C)cc3)ccc3ccccc23)cc1.[Cl][Ru][Cl].[NH-]Cc1ccccn1. The molecule has 9 aromatic rings. The predicted octanol–water partition coefficient (Wildman–Crippen LogP) is 12.9. The first-order valence-corrected chi connectivity index (χ1v) is 27.7. The zero-order chi connectivity index (χ0) is 42.7. The second-order valence-electron chi connectivity index (χ2n) is 15.2. The van der Waals surface area contributed by atoms with E-state index < -0.39 is 15.8 Å². The molecule has 0 amide bonds. The normalized spacial score (nSPS) is 11.0. The van der Waals surface area contributed by atoms with Gasteiger partial charge in [-0.15, -0.1) is 6.54 Å². The molecule has 1 N–H and O–H groups in total. The van der Waals surface area contributed by atoms with Crippen LogP contribution >= 0.6 is 35.2 Å². The molecule has 0 unspecified atom stereocenters. The smallest absolute Gasteiger partial charge is 0.0270 e. The second-order valence-corrected chi connectivity index (χ2v) is 22.7. The van der Waals surface area contributed by atoms with Crippen molar-refractivity contribution in [2.45, 2.75) is 34.2 Å². The molecule has 2 nitrogen and oxygen atoms in total. The zero-order valence-corrected chi connectivity index (χ0v) is 40.0. The Bertz CT molecular complexity index is 2550. The van der Waals surface area contributed by atoms with E-state index in [9.17, 15) is 0 Å². The van der Waals surface area contributed by atoms with Crippen molar-refractivity contribution in [3.63, 3.8) is 0 Å². The predicted molar refractivity (Wildman–Crippen MR) is 270 cm³/mol. The van der Waals surface area contributed by atoms with Crippen molar-refractivity contribution in [1.82, 2.24) is 4.98 Å². The van der Waals surface area contributed by atoms with Gasteiger partial charge in [-0.3, -0.25) is 4.98 Å². The van der Waals surface area contributed by atoms with Crippen LogP contribution < -0.4 is 31.8 Å². The second kappa shape index (κ2) is 21.5. The summed E-state index contributed by atoms with van der Waals surface area (Å²) >= 11 is -0.346. The van der Waals surface area contributed by atoms with Crippen molar-refractivity contribution in [3.8, 4) is 11.1 Å². The van der Waals surface area contributed by atoms with Crippen molar-refractivity contribution in [2.75, 3.05) is 0 Å². The third kappa shape index (κ3) is 10.7. The molecule has 0 aliphatic heterocycles. The van der Waals surface area contributed by atoms with E-state index in [4.69, 9.17) is 25.1 Å². The number of fused-ring (bicyclic) bond motifs is 2. The molecular formula is C54H49Cl2N2P2Ru+. The van der Waals surface area contributed by atoms with Crippen LogP contribution in [-0.2, 0) is 21.7 Å². The van der Waals surface area contributed by atoms with Gasteiger partial charge in [0.15, 0.2) is 0 Å². The van der Waals surface area contributed by atoms with Gasteiger partial charge in [0.25, 0.3) is 0 Å². The Balaban J connectivity index is 0.000000450. The summed E-state index contributed by atoms with van der Waals surface area (Å²) in [5, 5.41) is 13.7. The summed E-state index contributed by atoms with van der Waals surface area (Å²) in [4.78, 5) is 3.91. The Morgan fingerprint density at radius 3 is 1.05 bits per heavy atom. The molecule has 306 valence electrons. The monoisotopic (exact) mass is 959 g/mol. The van der Waals surface area contributed by atoms with Crippen LogP contribution in [0.2, 0.25) is 0 Å². The van der Waals surface area contributed by atoms with Gasteiger partial charge < -0.3 is 5.73 Å². The zero-order valence-electron chi connectivity index (χ0n) is 34.7. The minimum absolute atomic E-state index is 0.279. The molecule has 7 heteroatoms. The van der Waals surface area contributed by atoms with E-state index in [1.54, 1.807) is 6.20 Å². The average molecular weight is 960 g/mol.